The van der Waals surface area contributed by atoms with E-state index in [4.69, 9.17) is 4.74 Å². The highest BCUT2D eigenvalue weighted by molar-refractivity contribution is 5.83. The molecule has 0 radical (unpaired) electrons. The Morgan fingerprint density at radius 1 is 1.33 bits per heavy atom. The molecule has 0 spiro atoms. The minimum Gasteiger partial charge on any atom is -0.472 e. The minimum absolute atomic E-state index is 0.00844. The highest BCUT2D eigenvalue weighted by Gasteiger charge is 2.29. The maximum atomic E-state index is 13.0. The number of rotatable bonds is 5. The summed E-state index contributed by atoms with van der Waals surface area (Å²) in [7, 11) is 0. The Hall–Kier alpha value is -2.43. The van der Waals surface area contributed by atoms with Crippen molar-refractivity contribution >= 4 is 5.91 Å². The van der Waals surface area contributed by atoms with Gasteiger partial charge < -0.3 is 9.64 Å². The van der Waals surface area contributed by atoms with Gasteiger partial charge in [-0.15, -0.1) is 0 Å². The van der Waals surface area contributed by atoms with Crippen molar-refractivity contribution in [1.82, 2.24) is 14.9 Å². The van der Waals surface area contributed by atoms with Gasteiger partial charge in [0.15, 0.2) is 0 Å². The second kappa shape index (κ2) is 7.90. The highest BCUT2D eigenvalue weighted by atomic mass is 16.5. The lowest BCUT2D eigenvalue weighted by Crippen LogP contribution is -2.46. The summed E-state index contributed by atoms with van der Waals surface area (Å²) in [5, 5.41) is 0. The zero-order valence-corrected chi connectivity index (χ0v) is 14.0. The number of amides is 1. The van der Waals surface area contributed by atoms with Gasteiger partial charge in [0.1, 0.15) is 12.4 Å². The minimum atomic E-state index is -0.0796. The van der Waals surface area contributed by atoms with Crippen LogP contribution in [0.3, 0.4) is 0 Å². The molecule has 2 atom stereocenters. The van der Waals surface area contributed by atoms with E-state index in [1.807, 2.05) is 35.2 Å². The average Bonchev–Trinajstić information content (AvgIpc) is 2.64. The fraction of sp³-hybridized carbons (Fsp3) is 0.421. The largest absolute Gasteiger partial charge is 0.472 e. The van der Waals surface area contributed by atoms with E-state index in [9.17, 15) is 4.79 Å². The molecular weight excluding hydrogens is 302 g/mol. The van der Waals surface area contributed by atoms with Crippen molar-refractivity contribution in [2.24, 2.45) is 0 Å². The van der Waals surface area contributed by atoms with Gasteiger partial charge in [0, 0.05) is 18.8 Å². The summed E-state index contributed by atoms with van der Waals surface area (Å²) in [4.78, 5) is 22.9. The van der Waals surface area contributed by atoms with Crippen LogP contribution in [0.25, 0.3) is 0 Å². The first kappa shape index (κ1) is 16.4. The van der Waals surface area contributed by atoms with E-state index in [0.29, 0.717) is 12.4 Å². The molecule has 0 N–H and O–H groups in total. The van der Waals surface area contributed by atoms with Crippen LogP contribution in [-0.2, 0) is 4.79 Å². The van der Waals surface area contributed by atoms with Crippen LogP contribution in [0.15, 0.2) is 48.9 Å². The first-order chi connectivity index (χ1) is 11.8. The zero-order valence-electron chi connectivity index (χ0n) is 14.0. The van der Waals surface area contributed by atoms with E-state index < -0.39 is 0 Å². The summed E-state index contributed by atoms with van der Waals surface area (Å²) in [5.74, 6) is 0.683. The van der Waals surface area contributed by atoms with Crippen LogP contribution in [-0.4, -0.2) is 40.0 Å². The van der Waals surface area contributed by atoms with E-state index >= 15 is 0 Å². The zero-order chi connectivity index (χ0) is 16.8. The summed E-state index contributed by atoms with van der Waals surface area (Å²) in [6.45, 7) is 3.48. The molecule has 1 amide bonds. The quantitative estimate of drug-likeness (QED) is 0.848. The molecule has 1 aliphatic heterocycles. The van der Waals surface area contributed by atoms with E-state index in [0.717, 1.165) is 31.4 Å². The summed E-state index contributed by atoms with van der Waals surface area (Å²) in [6.07, 6.45) is 5.82. The Bertz CT molecular complexity index is 648. The van der Waals surface area contributed by atoms with Crippen molar-refractivity contribution in [3.63, 3.8) is 0 Å². The number of aromatic nitrogens is 2. The number of hydrogen-bond donors (Lipinski definition) is 0. The molecule has 1 aromatic heterocycles. The van der Waals surface area contributed by atoms with Crippen LogP contribution in [0.1, 0.15) is 37.7 Å². The second-order valence-corrected chi connectivity index (χ2v) is 6.09. The number of ether oxygens (including phenoxy) is 1. The van der Waals surface area contributed by atoms with Gasteiger partial charge in [-0.1, -0.05) is 37.3 Å². The molecule has 24 heavy (non-hydrogen) atoms. The van der Waals surface area contributed by atoms with Crippen LogP contribution in [0.5, 0.6) is 5.88 Å². The molecule has 2 heterocycles. The van der Waals surface area contributed by atoms with Crippen molar-refractivity contribution in [2.75, 3.05) is 13.1 Å². The lowest BCUT2D eigenvalue weighted by molar-refractivity contribution is -0.135. The molecule has 2 unspecified atom stereocenters. The Morgan fingerprint density at radius 2 is 2.17 bits per heavy atom. The molecule has 2 aromatic rings. The number of likely N-dealkylation sites (tertiary alicyclic amines) is 1. The second-order valence-electron chi connectivity index (χ2n) is 6.09. The first-order valence-electron chi connectivity index (χ1n) is 8.54. The Balaban J connectivity index is 1.66. The van der Waals surface area contributed by atoms with Gasteiger partial charge >= 0.3 is 0 Å². The van der Waals surface area contributed by atoms with Crippen molar-refractivity contribution in [2.45, 2.75) is 38.2 Å². The smallest absolute Gasteiger partial charge is 0.230 e. The van der Waals surface area contributed by atoms with Gasteiger partial charge in [0.25, 0.3) is 0 Å². The third kappa shape index (κ3) is 3.91. The van der Waals surface area contributed by atoms with Gasteiger partial charge in [-0.25, -0.2) is 9.97 Å². The molecular formula is C19H23N3O2. The summed E-state index contributed by atoms with van der Waals surface area (Å²) in [6, 6.07) is 11.8. The monoisotopic (exact) mass is 325 g/mol. The lowest BCUT2D eigenvalue weighted by Gasteiger charge is -2.34. The maximum Gasteiger partial charge on any atom is 0.230 e. The van der Waals surface area contributed by atoms with Gasteiger partial charge in [-0.05, 0) is 24.8 Å². The topological polar surface area (TPSA) is 55.3 Å². The number of nitrogens with zero attached hydrogens (tertiary/aromatic N) is 3. The van der Waals surface area contributed by atoms with E-state index in [1.165, 1.54) is 6.33 Å². The van der Waals surface area contributed by atoms with Gasteiger partial charge in [0.05, 0.1) is 12.5 Å². The summed E-state index contributed by atoms with van der Waals surface area (Å²) >= 11 is 0. The standard InChI is InChI=1S/C19H23N3O2/c1-2-17(15-7-4-3-5-8-15)19(23)22-12-6-9-16(13-22)24-18-10-11-20-14-21-18/h3-5,7-8,10-11,14,16-17H,2,6,9,12-13H2,1H3. The SMILES string of the molecule is CCC(C(=O)N1CCCC(Oc2ccncn2)C1)c1ccccc1. The molecule has 126 valence electrons. The first-order valence-corrected chi connectivity index (χ1v) is 8.54. The lowest BCUT2D eigenvalue weighted by atomic mass is 9.94. The fourth-order valence-electron chi connectivity index (χ4n) is 3.21. The highest BCUT2D eigenvalue weighted by Crippen LogP contribution is 2.25. The third-order valence-corrected chi connectivity index (χ3v) is 4.44. The van der Waals surface area contributed by atoms with Gasteiger partial charge in [-0.2, -0.15) is 0 Å². The fourth-order valence-corrected chi connectivity index (χ4v) is 3.21. The molecule has 0 aliphatic carbocycles. The normalized spacial score (nSPS) is 18.9. The van der Waals surface area contributed by atoms with Crippen LogP contribution in [0, 0.1) is 0 Å². The van der Waals surface area contributed by atoms with Crippen molar-refractivity contribution in [3.05, 3.63) is 54.5 Å². The number of carbonyl (C=O) groups excluding carboxylic acids is 1. The van der Waals surface area contributed by atoms with Crippen LogP contribution in [0.2, 0.25) is 0 Å². The van der Waals surface area contributed by atoms with Crippen LogP contribution in [0.4, 0.5) is 0 Å². The molecule has 1 aliphatic rings. The number of piperidine rings is 1. The van der Waals surface area contributed by atoms with Crippen molar-refractivity contribution < 1.29 is 9.53 Å². The maximum absolute atomic E-state index is 13.0. The molecule has 1 saturated heterocycles. The summed E-state index contributed by atoms with van der Waals surface area (Å²) < 4.78 is 5.91. The number of carbonyl (C=O) groups is 1. The molecule has 1 aromatic carbocycles. The third-order valence-electron chi connectivity index (χ3n) is 4.44. The Labute approximate surface area is 142 Å². The molecule has 3 rings (SSSR count). The van der Waals surface area contributed by atoms with Crippen LogP contribution >= 0.6 is 0 Å². The van der Waals surface area contributed by atoms with Crippen molar-refractivity contribution in [3.8, 4) is 5.88 Å². The number of hydrogen-bond acceptors (Lipinski definition) is 4. The Morgan fingerprint density at radius 3 is 2.88 bits per heavy atom. The molecule has 0 bridgehead atoms. The van der Waals surface area contributed by atoms with E-state index in [1.54, 1.807) is 12.3 Å². The number of benzene rings is 1. The predicted molar refractivity (Wildman–Crippen MR) is 91.7 cm³/mol. The van der Waals surface area contributed by atoms with Gasteiger partial charge in [0.2, 0.25) is 11.8 Å². The van der Waals surface area contributed by atoms with Crippen molar-refractivity contribution in [1.29, 1.82) is 0 Å². The molecule has 5 nitrogen and oxygen atoms in total. The predicted octanol–water partition coefficient (Wildman–Crippen LogP) is 3.04. The summed E-state index contributed by atoms with van der Waals surface area (Å²) in [5.41, 5.74) is 1.09. The molecule has 5 heteroatoms. The van der Waals surface area contributed by atoms with E-state index in [2.05, 4.69) is 16.9 Å². The average molecular weight is 325 g/mol. The molecule has 0 saturated carbocycles. The van der Waals surface area contributed by atoms with Gasteiger partial charge in [-0.3, -0.25) is 4.79 Å². The van der Waals surface area contributed by atoms with Crippen LogP contribution < -0.4 is 4.74 Å². The Kier molecular flexibility index (Phi) is 5.41. The van der Waals surface area contributed by atoms with E-state index in [-0.39, 0.29) is 17.9 Å². The molecule has 1 fully saturated rings.